The van der Waals surface area contributed by atoms with Crippen molar-refractivity contribution in [2.75, 3.05) is 11.0 Å². The third kappa shape index (κ3) is 5.17. The zero-order valence-electron chi connectivity index (χ0n) is 13.4. The molecule has 0 unspecified atom stereocenters. The van der Waals surface area contributed by atoms with E-state index in [1.54, 1.807) is 6.07 Å². The molecule has 0 saturated heterocycles. The summed E-state index contributed by atoms with van der Waals surface area (Å²) >= 11 is 0. The first kappa shape index (κ1) is 17.1. The smallest absolute Gasteiger partial charge is 0.229 e. The van der Waals surface area contributed by atoms with E-state index < -0.39 is 10.0 Å². The minimum absolute atomic E-state index is 0.152. The normalized spacial score (nSPS) is 12.1. The molecule has 118 valence electrons. The maximum Gasteiger partial charge on any atom is 0.229 e. The number of rotatable bonds is 4. The molecule has 1 atom stereocenters. The number of anilines is 1. The van der Waals surface area contributed by atoms with Crippen molar-refractivity contribution in [2.45, 2.75) is 13.0 Å². The van der Waals surface area contributed by atoms with Gasteiger partial charge >= 0.3 is 0 Å². The Morgan fingerprint density at radius 1 is 1.09 bits per heavy atom. The Hall–Kier alpha value is -2.23. The number of nitrogens with one attached hydrogen (secondary N) is 2. The summed E-state index contributed by atoms with van der Waals surface area (Å²) in [6, 6.07) is 15.3. The molecule has 0 aliphatic heterocycles. The fourth-order valence-corrected chi connectivity index (χ4v) is 2.63. The summed E-state index contributed by atoms with van der Waals surface area (Å²) in [5, 5.41) is 3.16. The molecule has 0 amide bonds. The van der Waals surface area contributed by atoms with E-state index >= 15 is 0 Å². The van der Waals surface area contributed by atoms with Crippen LogP contribution >= 0.6 is 0 Å². The van der Waals surface area contributed by atoms with Gasteiger partial charge in [0.1, 0.15) is 0 Å². The van der Waals surface area contributed by atoms with Crippen LogP contribution in [0.1, 0.15) is 29.7 Å². The Labute approximate surface area is 138 Å². The Morgan fingerprint density at radius 3 is 2.39 bits per heavy atom. The summed E-state index contributed by atoms with van der Waals surface area (Å²) in [5.41, 5.74) is 3.07. The SMILES string of the molecule is BN[C@H](C)c1ccc(NS(C)(=O)=O)c(C#Cc2ccccc2)c1. The van der Waals surface area contributed by atoms with E-state index in [4.69, 9.17) is 0 Å². The van der Waals surface area contributed by atoms with Gasteiger partial charge in [-0.3, -0.25) is 4.72 Å². The van der Waals surface area contributed by atoms with Gasteiger partial charge in [-0.05, 0) is 36.8 Å². The number of sulfonamides is 1. The highest BCUT2D eigenvalue weighted by Crippen LogP contribution is 2.21. The van der Waals surface area contributed by atoms with Crippen molar-refractivity contribution in [2.24, 2.45) is 0 Å². The summed E-state index contributed by atoms with van der Waals surface area (Å²) < 4.78 is 25.6. The van der Waals surface area contributed by atoms with Crippen LogP contribution in [0.25, 0.3) is 0 Å². The quantitative estimate of drug-likeness (QED) is 0.664. The average molecular weight is 326 g/mol. The molecule has 2 N–H and O–H groups in total. The minimum atomic E-state index is -3.35. The van der Waals surface area contributed by atoms with Gasteiger partial charge in [-0.1, -0.05) is 36.1 Å². The molecule has 4 nitrogen and oxygen atoms in total. The molecule has 6 heteroatoms. The monoisotopic (exact) mass is 326 g/mol. The van der Waals surface area contributed by atoms with Crippen LogP contribution in [-0.2, 0) is 10.0 Å². The molecule has 0 aromatic heterocycles. The topological polar surface area (TPSA) is 58.2 Å². The van der Waals surface area contributed by atoms with Crippen LogP contribution in [-0.4, -0.2) is 22.7 Å². The summed E-state index contributed by atoms with van der Waals surface area (Å²) in [4.78, 5) is 0. The van der Waals surface area contributed by atoms with Crippen LogP contribution < -0.4 is 9.95 Å². The first-order valence-corrected chi connectivity index (χ1v) is 9.14. The third-order valence-electron chi connectivity index (χ3n) is 3.39. The molecule has 0 fully saturated rings. The predicted octanol–water partition coefficient (Wildman–Crippen LogP) is 1.66. The first-order valence-electron chi connectivity index (χ1n) is 7.25. The van der Waals surface area contributed by atoms with Gasteiger partial charge in [0, 0.05) is 17.2 Å². The van der Waals surface area contributed by atoms with E-state index in [0.717, 1.165) is 17.4 Å². The second-order valence-electron chi connectivity index (χ2n) is 5.31. The third-order valence-corrected chi connectivity index (χ3v) is 3.98. The van der Waals surface area contributed by atoms with Crippen molar-refractivity contribution in [3.63, 3.8) is 0 Å². The van der Waals surface area contributed by atoms with Gasteiger partial charge in [-0.2, -0.15) is 0 Å². The standard InChI is InChI=1S/C17H19BN2O2S/c1-13(19-18)15-10-11-17(20-23(2,21)22)16(12-15)9-8-14-6-4-3-5-7-14/h3-7,10-13,19-20H,18H2,1-2H3/t13-/m1/s1. The predicted molar refractivity (Wildman–Crippen MR) is 97.4 cm³/mol. The molecule has 0 aliphatic carbocycles. The van der Waals surface area contributed by atoms with E-state index in [1.807, 2.05) is 57.4 Å². The zero-order valence-corrected chi connectivity index (χ0v) is 14.2. The maximum atomic E-state index is 11.5. The molecule has 2 rings (SSSR count). The van der Waals surface area contributed by atoms with Crippen molar-refractivity contribution < 1.29 is 8.42 Å². The fraction of sp³-hybridized carbons (Fsp3) is 0.176. The average Bonchev–Trinajstić information content (AvgIpc) is 2.52. The van der Waals surface area contributed by atoms with Gasteiger partial charge < -0.3 is 5.23 Å². The Morgan fingerprint density at radius 2 is 1.78 bits per heavy atom. The molecule has 23 heavy (non-hydrogen) atoms. The van der Waals surface area contributed by atoms with E-state index in [0.29, 0.717) is 11.3 Å². The lowest BCUT2D eigenvalue weighted by molar-refractivity contribution is 0.607. The van der Waals surface area contributed by atoms with Gasteiger partial charge in [0.25, 0.3) is 0 Å². The summed E-state index contributed by atoms with van der Waals surface area (Å²) in [5.74, 6) is 6.13. The van der Waals surface area contributed by atoms with Crippen molar-refractivity contribution in [1.82, 2.24) is 5.23 Å². The van der Waals surface area contributed by atoms with Crippen LogP contribution in [0.2, 0.25) is 0 Å². The highest BCUT2D eigenvalue weighted by atomic mass is 32.2. The number of hydrogen-bond acceptors (Lipinski definition) is 3. The summed E-state index contributed by atoms with van der Waals surface area (Å²) in [6.45, 7) is 2.04. The van der Waals surface area contributed by atoms with E-state index in [2.05, 4.69) is 21.8 Å². The van der Waals surface area contributed by atoms with Crippen molar-refractivity contribution >= 4 is 23.7 Å². The molecule has 2 aromatic rings. The van der Waals surface area contributed by atoms with Gasteiger partial charge in [0.05, 0.1) is 11.9 Å². The second kappa shape index (κ2) is 7.36. The first-order chi connectivity index (χ1) is 10.9. The summed E-state index contributed by atoms with van der Waals surface area (Å²) in [7, 11) is -1.48. The molecular weight excluding hydrogens is 307 g/mol. The van der Waals surface area contributed by atoms with Crippen LogP contribution in [0.3, 0.4) is 0 Å². The lowest BCUT2D eigenvalue weighted by Gasteiger charge is -2.14. The molecule has 0 heterocycles. The van der Waals surface area contributed by atoms with Crippen molar-refractivity contribution in [3.05, 3.63) is 65.2 Å². The lowest BCUT2D eigenvalue weighted by atomic mass is 10.0. The zero-order chi connectivity index (χ0) is 16.9. The van der Waals surface area contributed by atoms with E-state index in [9.17, 15) is 8.42 Å². The Bertz CT molecular complexity index is 840. The van der Waals surface area contributed by atoms with Gasteiger partial charge in [0.2, 0.25) is 10.0 Å². The number of benzene rings is 2. The van der Waals surface area contributed by atoms with Gasteiger partial charge in [-0.15, -0.1) is 0 Å². The fourth-order valence-electron chi connectivity index (χ4n) is 2.05. The van der Waals surface area contributed by atoms with Gasteiger partial charge in [-0.25, -0.2) is 8.42 Å². The maximum absolute atomic E-state index is 11.5. The lowest BCUT2D eigenvalue weighted by Crippen LogP contribution is -2.15. The van der Waals surface area contributed by atoms with Crippen LogP contribution in [0, 0.1) is 11.8 Å². The van der Waals surface area contributed by atoms with E-state index in [-0.39, 0.29) is 6.04 Å². The molecule has 0 bridgehead atoms. The summed E-state index contributed by atoms with van der Waals surface area (Å²) in [6.07, 6.45) is 1.13. The van der Waals surface area contributed by atoms with Crippen molar-refractivity contribution in [3.8, 4) is 11.8 Å². The number of hydrogen-bond donors (Lipinski definition) is 2. The van der Waals surface area contributed by atoms with Crippen LogP contribution in [0.5, 0.6) is 0 Å². The Kier molecular flexibility index (Phi) is 5.48. The highest BCUT2D eigenvalue weighted by molar-refractivity contribution is 7.92. The largest absolute Gasteiger partial charge is 0.356 e. The molecule has 0 aliphatic rings. The highest BCUT2D eigenvalue weighted by Gasteiger charge is 2.09. The molecule has 0 spiro atoms. The molecule has 2 aromatic carbocycles. The molecule has 0 saturated carbocycles. The molecular formula is C17H19BN2O2S. The van der Waals surface area contributed by atoms with Crippen molar-refractivity contribution in [1.29, 1.82) is 0 Å². The molecule has 0 radical (unpaired) electrons. The van der Waals surface area contributed by atoms with Gasteiger partial charge in [0.15, 0.2) is 7.98 Å². The second-order valence-corrected chi connectivity index (χ2v) is 7.05. The van der Waals surface area contributed by atoms with E-state index in [1.165, 1.54) is 0 Å². The van der Waals surface area contributed by atoms with Crippen LogP contribution in [0.4, 0.5) is 5.69 Å². The Balaban J connectivity index is 2.46. The minimum Gasteiger partial charge on any atom is -0.356 e. The van der Waals surface area contributed by atoms with Crippen LogP contribution in [0.15, 0.2) is 48.5 Å².